The maximum Gasteiger partial charge on any atom is 0.328 e. The number of nitrogens with one attached hydrogen (secondary N) is 3. The maximum absolute atomic E-state index is 13.0. The summed E-state index contributed by atoms with van der Waals surface area (Å²) in [6.07, 6.45) is -0.725. The van der Waals surface area contributed by atoms with Crippen LogP contribution in [-0.2, 0) is 19.2 Å². The van der Waals surface area contributed by atoms with Gasteiger partial charge < -0.3 is 42.7 Å². The zero-order valence-corrected chi connectivity index (χ0v) is 19.2. The number of nitrogens with two attached hydrogens (primary N) is 2. The summed E-state index contributed by atoms with van der Waals surface area (Å²) in [6.45, 7) is 6.49. The highest BCUT2D eigenvalue weighted by molar-refractivity contribution is 5.94. The topological polar surface area (TPSA) is 217 Å². The van der Waals surface area contributed by atoms with E-state index in [2.05, 4.69) is 16.0 Å². The summed E-state index contributed by atoms with van der Waals surface area (Å²) in [6, 6.07) is -4.93. The van der Waals surface area contributed by atoms with E-state index in [-0.39, 0.29) is 12.3 Å². The molecule has 0 saturated carbocycles. The zero-order chi connectivity index (χ0) is 25.0. The molecular formula is C20H39N5O7. The Hall–Kier alpha value is -2.28. The molecule has 0 spiro atoms. The van der Waals surface area contributed by atoms with Gasteiger partial charge in [-0.15, -0.1) is 0 Å². The van der Waals surface area contributed by atoms with E-state index in [4.69, 9.17) is 11.5 Å². The van der Waals surface area contributed by atoms with Crippen LogP contribution < -0.4 is 27.4 Å². The highest BCUT2D eigenvalue weighted by Gasteiger charge is 2.33. The van der Waals surface area contributed by atoms with Crippen molar-refractivity contribution in [3.8, 4) is 0 Å². The number of carbonyl (C=O) groups is 4. The number of carboxylic acid groups (broad SMARTS) is 1. The lowest BCUT2D eigenvalue weighted by molar-refractivity contribution is -0.145. The van der Waals surface area contributed by atoms with E-state index < -0.39 is 60.1 Å². The van der Waals surface area contributed by atoms with E-state index in [0.29, 0.717) is 25.8 Å². The lowest BCUT2D eigenvalue weighted by atomic mass is 9.96. The number of aliphatic carboxylic acids is 1. The van der Waals surface area contributed by atoms with Crippen LogP contribution in [0.25, 0.3) is 0 Å². The summed E-state index contributed by atoms with van der Waals surface area (Å²) in [7, 11) is 0. The van der Waals surface area contributed by atoms with Crippen LogP contribution in [0.5, 0.6) is 0 Å². The molecule has 12 nitrogen and oxygen atoms in total. The summed E-state index contributed by atoms with van der Waals surface area (Å²) in [5.41, 5.74) is 11.1. The molecule has 186 valence electrons. The molecule has 7 unspecified atom stereocenters. The lowest BCUT2D eigenvalue weighted by Gasteiger charge is -2.28. The first-order valence-electron chi connectivity index (χ1n) is 10.8. The number of aliphatic hydroxyl groups excluding tert-OH is 2. The first-order valence-corrected chi connectivity index (χ1v) is 10.8. The second-order valence-electron chi connectivity index (χ2n) is 8.05. The van der Waals surface area contributed by atoms with Gasteiger partial charge in [0, 0.05) is 0 Å². The minimum absolute atomic E-state index is 0.176. The monoisotopic (exact) mass is 461 g/mol. The van der Waals surface area contributed by atoms with Gasteiger partial charge in [0.05, 0.1) is 12.2 Å². The smallest absolute Gasteiger partial charge is 0.328 e. The van der Waals surface area contributed by atoms with Gasteiger partial charge in [-0.25, -0.2) is 4.79 Å². The van der Waals surface area contributed by atoms with Gasteiger partial charge in [-0.05, 0) is 45.6 Å². The third kappa shape index (κ3) is 9.90. The van der Waals surface area contributed by atoms with Gasteiger partial charge in [0.25, 0.3) is 0 Å². The van der Waals surface area contributed by atoms with Crippen molar-refractivity contribution in [2.45, 2.75) is 89.8 Å². The Kier molecular flexibility index (Phi) is 13.7. The standard InChI is InChI=1S/C20H39N5O7/c1-5-10(2)15(24-18(29)14(22)11(3)26)19(30)23-13(8-6-7-9-21)17(28)25-16(12(4)27)20(31)32/h10-16,26-27H,5-9,21-22H2,1-4H3,(H,23,30)(H,24,29)(H,25,28)(H,31,32). The molecule has 10 N–H and O–H groups in total. The fourth-order valence-corrected chi connectivity index (χ4v) is 2.84. The van der Waals surface area contributed by atoms with Crippen molar-refractivity contribution in [3.05, 3.63) is 0 Å². The number of hydrogen-bond acceptors (Lipinski definition) is 8. The SMILES string of the molecule is CCC(C)C(NC(=O)C(N)C(C)O)C(=O)NC(CCCCN)C(=O)NC(C(=O)O)C(C)O. The summed E-state index contributed by atoms with van der Waals surface area (Å²) in [4.78, 5) is 49.3. The molecule has 3 amide bonds. The second-order valence-corrected chi connectivity index (χ2v) is 8.05. The van der Waals surface area contributed by atoms with E-state index >= 15 is 0 Å². The molecular weight excluding hydrogens is 422 g/mol. The van der Waals surface area contributed by atoms with Crippen molar-refractivity contribution < 1.29 is 34.5 Å². The van der Waals surface area contributed by atoms with E-state index in [1.165, 1.54) is 13.8 Å². The van der Waals surface area contributed by atoms with Crippen molar-refractivity contribution in [3.63, 3.8) is 0 Å². The third-order valence-electron chi connectivity index (χ3n) is 5.24. The number of amides is 3. The number of rotatable bonds is 15. The predicted octanol–water partition coefficient (Wildman–Crippen LogP) is -2.21. The van der Waals surface area contributed by atoms with Crippen molar-refractivity contribution in [2.24, 2.45) is 17.4 Å². The van der Waals surface area contributed by atoms with Gasteiger partial charge in [0.2, 0.25) is 17.7 Å². The van der Waals surface area contributed by atoms with Crippen LogP contribution in [-0.4, -0.2) is 81.9 Å². The molecule has 0 aromatic heterocycles. The molecule has 0 bridgehead atoms. The largest absolute Gasteiger partial charge is 0.480 e. The molecule has 0 aliphatic rings. The van der Waals surface area contributed by atoms with Gasteiger partial charge >= 0.3 is 5.97 Å². The van der Waals surface area contributed by atoms with Crippen LogP contribution >= 0.6 is 0 Å². The van der Waals surface area contributed by atoms with Crippen molar-refractivity contribution in [1.29, 1.82) is 0 Å². The predicted molar refractivity (Wildman–Crippen MR) is 117 cm³/mol. The van der Waals surface area contributed by atoms with Crippen molar-refractivity contribution in [2.75, 3.05) is 6.54 Å². The highest BCUT2D eigenvalue weighted by Crippen LogP contribution is 2.11. The van der Waals surface area contributed by atoms with Crippen LogP contribution in [0.1, 0.15) is 53.4 Å². The van der Waals surface area contributed by atoms with Gasteiger partial charge in [0.1, 0.15) is 18.1 Å². The molecule has 0 fully saturated rings. The fraction of sp³-hybridized carbons (Fsp3) is 0.800. The molecule has 12 heteroatoms. The van der Waals surface area contributed by atoms with Crippen LogP contribution in [0, 0.1) is 5.92 Å². The molecule has 0 aromatic carbocycles. The fourth-order valence-electron chi connectivity index (χ4n) is 2.84. The minimum Gasteiger partial charge on any atom is -0.480 e. The second kappa shape index (κ2) is 14.7. The normalized spacial score (nSPS) is 17.8. The first-order chi connectivity index (χ1) is 14.9. The van der Waals surface area contributed by atoms with Crippen LogP contribution in [0.3, 0.4) is 0 Å². The summed E-state index contributed by atoms with van der Waals surface area (Å²) < 4.78 is 0. The van der Waals surface area contributed by atoms with Crippen LogP contribution in [0.4, 0.5) is 0 Å². The first kappa shape index (κ1) is 29.7. The Bertz CT molecular complexity index is 629. The van der Waals surface area contributed by atoms with E-state index in [1.807, 2.05) is 6.92 Å². The average molecular weight is 462 g/mol. The summed E-state index contributed by atoms with van der Waals surface area (Å²) in [5, 5.41) is 35.7. The van der Waals surface area contributed by atoms with Crippen molar-refractivity contribution >= 4 is 23.7 Å². The van der Waals surface area contributed by atoms with Gasteiger partial charge in [-0.3, -0.25) is 14.4 Å². The number of aliphatic hydroxyl groups is 2. The maximum atomic E-state index is 13.0. The van der Waals surface area contributed by atoms with Crippen LogP contribution in [0.2, 0.25) is 0 Å². The Labute approximate surface area is 188 Å². The van der Waals surface area contributed by atoms with E-state index in [9.17, 15) is 34.5 Å². The van der Waals surface area contributed by atoms with E-state index in [1.54, 1.807) is 6.92 Å². The molecule has 0 radical (unpaired) electrons. The molecule has 0 aliphatic heterocycles. The Balaban J connectivity index is 5.56. The molecule has 32 heavy (non-hydrogen) atoms. The Morgan fingerprint density at radius 3 is 1.84 bits per heavy atom. The van der Waals surface area contributed by atoms with Gasteiger partial charge in [-0.2, -0.15) is 0 Å². The number of carbonyl (C=O) groups excluding carboxylic acids is 3. The summed E-state index contributed by atoms with van der Waals surface area (Å²) in [5.74, 6) is -3.89. The molecule has 0 heterocycles. The Morgan fingerprint density at radius 1 is 0.844 bits per heavy atom. The molecule has 0 aliphatic carbocycles. The minimum atomic E-state index is -1.55. The van der Waals surface area contributed by atoms with Gasteiger partial charge in [0.15, 0.2) is 6.04 Å². The zero-order valence-electron chi connectivity index (χ0n) is 19.2. The average Bonchev–Trinajstić information content (AvgIpc) is 2.72. The number of hydrogen-bond donors (Lipinski definition) is 8. The lowest BCUT2D eigenvalue weighted by Crippen LogP contribution is -2.60. The van der Waals surface area contributed by atoms with Crippen molar-refractivity contribution in [1.82, 2.24) is 16.0 Å². The van der Waals surface area contributed by atoms with Crippen LogP contribution in [0.15, 0.2) is 0 Å². The number of carboxylic acids is 1. The molecule has 0 aromatic rings. The highest BCUT2D eigenvalue weighted by atomic mass is 16.4. The summed E-state index contributed by atoms with van der Waals surface area (Å²) >= 11 is 0. The Morgan fingerprint density at radius 2 is 1.41 bits per heavy atom. The molecule has 0 saturated heterocycles. The number of unbranched alkanes of at least 4 members (excludes halogenated alkanes) is 1. The quantitative estimate of drug-likeness (QED) is 0.124. The third-order valence-corrected chi connectivity index (χ3v) is 5.24. The molecule has 7 atom stereocenters. The van der Waals surface area contributed by atoms with Gasteiger partial charge in [-0.1, -0.05) is 20.3 Å². The van der Waals surface area contributed by atoms with E-state index in [0.717, 1.165) is 0 Å². The molecule has 0 rings (SSSR count).